The highest BCUT2D eigenvalue weighted by Gasteiger charge is 2.03. The number of rotatable bonds is 2. The van der Waals surface area contributed by atoms with Gasteiger partial charge in [0.2, 0.25) is 5.75 Å². The molecule has 0 aliphatic carbocycles. The average Bonchev–Trinajstić information content (AvgIpc) is 2.02. The highest BCUT2D eigenvalue weighted by atomic mass is 35.5. The molecule has 1 rings (SSSR count). The van der Waals surface area contributed by atoms with Crippen molar-refractivity contribution in [3.05, 3.63) is 23.2 Å². The second-order valence-electron chi connectivity index (χ2n) is 2.34. The van der Waals surface area contributed by atoms with Crippen molar-refractivity contribution >= 4 is 23.3 Å². The van der Waals surface area contributed by atoms with E-state index in [9.17, 15) is 4.79 Å². The zero-order valence-electron chi connectivity index (χ0n) is 6.91. The van der Waals surface area contributed by atoms with E-state index in [1.165, 1.54) is 19.1 Å². The lowest BCUT2D eigenvalue weighted by atomic mass is 10.3. The fraction of sp³-hybridized carbons (Fsp3) is 0.125. The number of hydrogen-bond acceptors (Lipinski definition) is 4. The molecule has 70 valence electrons. The summed E-state index contributed by atoms with van der Waals surface area (Å²) in [6, 6.07) is 4.59. The van der Waals surface area contributed by atoms with Gasteiger partial charge in [-0.25, -0.2) is 4.79 Å². The van der Waals surface area contributed by atoms with Gasteiger partial charge in [-0.2, -0.15) is 0 Å². The van der Waals surface area contributed by atoms with Crippen molar-refractivity contribution in [2.45, 2.75) is 6.92 Å². The summed E-state index contributed by atoms with van der Waals surface area (Å²) >= 11 is 5.64. The molecular weight excluding hydrogens is 194 g/mol. The lowest BCUT2D eigenvalue weighted by Gasteiger charge is -2.04. The monoisotopic (exact) mass is 201 g/mol. The van der Waals surface area contributed by atoms with E-state index in [4.69, 9.17) is 17.3 Å². The first-order valence-electron chi connectivity index (χ1n) is 3.49. The van der Waals surface area contributed by atoms with Crippen molar-refractivity contribution < 1.29 is 14.6 Å². The van der Waals surface area contributed by atoms with Crippen LogP contribution in [0.15, 0.2) is 18.2 Å². The van der Waals surface area contributed by atoms with Gasteiger partial charge in [-0.05, 0) is 18.2 Å². The van der Waals surface area contributed by atoms with Crippen molar-refractivity contribution in [3.63, 3.8) is 0 Å². The standard InChI is InChI=1S/C8H8ClNO3/c1-5(11)12-13-8-3-2-6(9)4-7(8)10/h2-4H,10H2,1H3. The van der Waals surface area contributed by atoms with Crippen LogP contribution in [0, 0.1) is 0 Å². The smallest absolute Gasteiger partial charge is 0.352 e. The van der Waals surface area contributed by atoms with Crippen LogP contribution >= 0.6 is 11.6 Å². The van der Waals surface area contributed by atoms with Crippen molar-refractivity contribution in [2.75, 3.05) is 5.73 Å². The van der Waals surface area contributed by atoms with Gasteiger partial charge in [-0.3, -0.25) is 9.78 Å². The topological polar surface area (TPSA) is 61.5 Å². The van der Waals surface area contributed by atoms with Gasteiger partial charge in [-0.15, -0.1) is 0 Å². The Morgan fingerprint density at radius 1 is 1.54 bits per heavy atom. The van der Waals surface area contributed by atoms with Gasteiger partial charge in [0.05, 0.1) is 5.69 Å². The molecule has 0 aromatic heterocycles. The summed E-state index contributed by atoms with van der Waals surface area (Å²) < 4.78 is 0. The van der Waals surface area contributed by atoms with Crippen LogP contribution < -0.4 is 10.6 Å². The normalized spacial score (nSPS) is 9.38. The fourth-order valence-electron chi connectivity index (χ4n) is 0.699. The minimum Gasteiger partial charge on any atom is -0.396 e. The number of carbonyl (C=O) groups is 1. The molecule has 2 N–H and O–H groups in total. The Morgan fingerprint density at radius 3 is 2.77 bits per heavy atom. The van der Waals surface area contributed by atoms with Crippen LogP contribution in [0.5, 0.6) is 5.75 Å². The summed E-state index contributed by atoms with van der Waals surface area (Å²) in [7, 11) is 0. The first kappa shape index (κ1) is 9.67. The van der Waals surface area contributed by atoms with Gasteiger partial charge in [0.15, 0.2) is 0 Å². The van der Waals surface area contributed by atoms with Gasteiger partial charge in [-0.1, -0.05) is 11.6 Å². The summed E-state index contributed by atoms with van der Waals surface area (Å²) in [4.78, 5) is 19.3. The maximum atomic E-state index is 10.4. The maximum absolute atomic E-state index is 10.4. The molecule has 1 aromatic rings. The van der Waals surface area contributed by atoms with E-state index >= 15 is 0 Å². The second kappa shape index (κ2) is 4.00. The lowest BCUT2D eigenvalue weighted by Crippen LogP contribution is -2.04. The van der Waals surface area contributed by atoms with Gasteiger partial charge in [0.1, 0.15) is 0 Å². The number of halogens is 1. The molecular formula is C8H8ClNO3. The molecule has 1 aromatic carbocycles. The lowest BCUT2D eigenvalue weighted by molar-refractivity contribution is -0.210. The van der Waals surface area contributed by atoms with Crippen molar-refractivity contribution in [1.29, 1.82) is 0 Å². The fourth-order valence-corrected chi connectivity index (χ4v) is 0.879. The molecule has 0 radical (unpaired) electrons. The number of nitrogens with two attached hydrogens (primary N) is 1. The summed E-state index contributed by atoms with van der Waals surface area (Å²) in [5.74, 6) is -0.283. The van der Waals surface area contributed by atoms with Crippen LogP contribution in [0.3, 0.4) is 0 Å². The van der Waals surface area contributed by atoms with Crippen LogP contribution in [0.1, 0.15) is 6.92 Å². The van der Waals surface area contributed by atoms with E-state index in [1.54, 1.807) is 6.07 Å². The zero-order valence-corrected chi connectivity index (χ0v) is 7.67. The number of benzene rings is 1. The summed E-state index contributed by atoms with van der Waals surface area (Å²) in [5, 5.41) is 0.493. The summed E-state index contributed by atoms with van der Waals surface area (Å²) in [6.07, 6.45) is 0. The molecule has 0 fully saturated rings. The van der Waals surface area contributed by atoms with Crippen molar-refractivity contribution in [1.82, 2.24) is 0 Å². The van der Waals surface area contributed by atoms with Crippen LogP contribution in [-0.4, -0.2) is 5.97 Å². The largest absolute Gasteiger partial charge is 0.396 e. The van der Waals surface area contributed by atoms with E-state index in [1.807, 2.05) is 0 Å². The first-order chi connectivity index (χ1) is 6.09. The molecule has 0 saturated carbocycles. The Labute approximate surface area is 80.1 Å². The molecule has 0 spiro atoms. The summed E-state index contributed by atoms with van der Waals surface area (Å²) in [5.41, 5.74) is 5.82. The first-order valence-corrected chi connectivity index (χ1v) is 3.87. The number of anilines is 1. The molecule has 0 amide bonds. The summed E-state index contributed by atoms with van der Waals surface area (Å²) in [6.45, 7) is 1.23. The third-order valence-electron chi connectivity index (χ3n) is 1.22. The van der Waals surface area contributed by atoms with E-state index in [0.717, 1.165) is 0 Å². The Kier molecular flexibility index (Phi) is 2.97. The Hall–Kier alpha value is -1.42. The second-order valence-corrected chi connectivity index (χ2v) is 2.78. The third kappa shape index (κ3) is 2.83. The number of hydrogen-bond donors (Lipinski definition) is 1. The van der Waals surface area contributed by atoms with Crippen LogP contribution in [-0.2, 0) is 9.68 Å². The zero-order chi connectivity index (χ0) is 9.84. The van der Waals surface area contributed by atoms with E-state index in [0.29, 0.717) is 10.7 Å². The SMILES string of the molecule is CC(=O)OOc1ccc(Cl)cc1N. The predicted molar refractivity (Wildman–Crippen MR) is 48.3 cm³/mol. The Morgan fingerprint density at radius 2 is 2.23 bits per heavy atom. The predicted octanol–water partition coefficient (Wildman–Crippen LogP) is 1.78. The Balaban J connectivity index is 2.72. The van der Waals surface area contributed by atoms with Gasteiger partial charge >= 0.3 is 5.97 Å². The number of nitrogen functional groups attached to an aromatic ring is 1. The van der Waals surface area contributed by atoms with E-state index < -0.39 is 5.97 Å². The van der Waals surface area contributed by atoms with Crippen LogP contribution in [0.4, 0.5) is 5.69 Å². The highest BCUT2D eigenvalue weighted by molar-refractivity contribution is 6.30. The average molecular weight is 202 g/mol. The van der Waals surface area contributed by atoms with Crippen molar-refractivity contribution in [3.8, 4) is 5.75 Å². The van der Waals surface area contributed by atoms with Gasteiger partial charge in [0.25, 0.3) is 0 Å². The third-order valence-corrected chi connectivity index (χ3v) is 1.46. The molecule has 13 heavy (non-hydrogen) atoms. The molecule has 4 nitrogen and oxygen atoms in total. The quantitative estimate of drug-likeness (QED) is 0.450. The molecule has 0 unspecified atom stereocenters. The van der Waals surface area contributed by atoms with Gasteiger partial charge in [0, 0.05) is 11.9 Å². The molecule has 0 aliphatic rings. The van der Waals surface area contributed by atoms with E-state index in [2.05, 4.69) is 9.78 Å². The molecule has 0 heterocycles. The minimum absolute atomic E-state index is 0.264. The number of carbonyl (C=O) groups excluding carboxylic acids is 1. The Bertz CT molecular complexity index is 327. The van der Waals surface area contributed by atoms with Crippen LogP contribution in [0.2, 0.25) is 5.02 Å². The van der Waals surface area contributed by atoms with Crippen LogP contribution in [0.25, 0.3) is 0 Å². The highest BCUT2D eigenvalue weighted by Crippen LogP contribution is 2.24. The van der Waals surface area contributed by atoms with Crippen molar-refractivity contribution in [2.24, 2.45) is 0 Å². The van der Waals surface area contributed by atoms with Gasteiger partial charge < -0.3 is 5.73 Å². The minimum atomic E-state index is -0.547. The molecule has 0 aliphatic heterocycles. The molecule has 0 atom stereocenters. The molecule has 0 saturated heterocycles. The molecule has 5 heteroatoms. The maximum Gasteiger partial charge on any atom is 0.352 e. The molecule has 0 bridgehead atoms. The van der Waals surface area contributed by atoms with E-state index in [-0.39, 0.29) is 5.75 Å².